The van der Waals surface area contributed by atoms with Gasteiger partial charge in [0.05, 0.1) is 16.3 Å². The summed E-state index contributed by atoms with van der Waals surface area (Å²) in [5.41, 5.74) is 2.44. The summed E-state index contributed by atoms with van der Waals surface area (Å²) in [4.78, 5) is 12.4. The number of aliphatic hydroxyl groups is 1. The summed E-state index contributed by atoms with van der Waals surface area (Å²) in [5, 5.41) is 27.7. The highest BCUT2D eigenvalue weighted by Gasteiger charge is 2.03. The Morgan fingerprint density at radius 1 is 0.923 bits per heavy atom. The lowest BCUT2D eigenvalue weighted by molar-refractivity contribution is -0.384. The lowest BCUT2D eigenvalue weighted by Gasteiger charge is -2.19. The van der Waals surface area contributed by atoms with E-state index in [4.69, 9.17) is 5.11 Å². The smallest absolute Gasteiger partial charge is 0.269 e. The molecule has 7 nitrogen and oxygen atoms in total. The van der Waals surface area contributed by atoms with E-state index in [9.17, 15) is 10.1 Å². The zero-order valence-corrected chi connectivity index (χ0v) is 14.9. The van der Waals surface area contributed by atoms with Gasteiger partial charge in [-0.05, 0) is 49.2 Å². The predicted molar refractivity (Wildman–Crippen MR) is 103 cm³/mol. The minimum atomic E-state index is -0.442. The molecule has 1 N–H and O–H groups in total. The standard InChI is InChI=1S/C19H24N4O3/c1-22(14-4-2-3-5-15-24)18-10-6-16(7-11-18)20-21-17-8-12-19(13-9-17)23(25)26/h6-13,24H,2-5,14-15H2,1H3. The average molecular weight is 356 g/mol. The molecule has 2 rings (SSSR count). The van der Waals surface area contributed by atoms with Gasteiger partial charge < -0.3 is 10.0 Å². The minimum absolute atomic E-state index is 0.0349. The third-order valence-electron chi connectivity index (χ3n) is 4.03. The van der Waals surface area contributed by atoms with Crippen molar-refractivity contribution in [2.45, 2.75) is 25.7 Å². The molecular formula is C19H24N4O3. The molecule has 2 aromatic rings. The van der Waals surface area contributed by atoms with Gasteiger partial charge in [0.15, 0.2) is 0 Å². The van der Waals surface area contributed by atoms with E-state index in [1.54, 1.807) is 12.1 Å². The zero-order chi connectivity index (χ0) is 18.8. The molecule has 0 aliphatic rings. The number of unbranched alkanes of at least 4 members (excludes halogenated alkanes) is 3. The van der Waals surface area contributed by atoms with Gasteiger partial charge >= 0.3 is 0 Å². The van der Waals surface area contributed by atoms with E-state index >= 15 is 0 Å². The number of benzene rings is 2. The van der Waals surface area contributed by atoms with Crippen molar-refractivity contribution >= 4 is 22.7 Å². The Labute approximate surface area is 153 Å². The Hall–Kier alpha value is -2.80. The molecule has 2 aromatic carbocycles. The molecule has 0 fully saturated rings. The first kappa shape index (κ1) is 19.5. The second kappa shape index (κ2) is 10.2. The number of azo groups is 1. The van der Waals surface area contributed by atoms with Crippen molar-refractivity contribution in [3.8, 4) is 0 Å². The maximum Gasteiger partial charge on any atom is 0.269 e. The molecule has 0 spiro atoms. The van der Waals surface area contributed by atoms with Crippen LogP contribution in [-0.2, 0) is 0 Å². The van der Waals surface area contributed by atoms with Gasteiger partial charge in [0.2, 0.25) is 0 Å². The Kier molecular flexibility index (Phi) is 7.70. The summed E-state index contributed by atoms with van der Waals surface area (Å²) in [6, 6.07) is 13.7. The lowest BCUT2D eigenvalue weighted by Crippen LogP contribution is -2.18. The van der Waals surface area contributed by atoms with Crippen molar-refractivity contribution in [2.24, 2.45) is 10.2 Å². The van der Waals surface area contributed by atoms with Crippen LogP contribution in [0.5, 0.6) is 0 Å². The molecule has 0 unspecified atom stereocenters. The molecule has 0 saturated heterocycles. The highest BCUT2D eigenvalue weighted by Crippen LogP contribution is 2.23. The molecule has 7 heteroatoms. The Morgan fingerprint density at radius 2 is 1.46 bits per heavy atom. The number of non-ortho nitro benzene ring substituents is 1. The second-order valence-electron chi connectivity index (χ2n) is 6.05. The first-order valence-electron chi connectivity index (χ1n) is 8.68. The van der Waals surface area contributed by atoms with Gasteiger partial charge in [-0.2, -0.15) is 10.2 Å². The van der Waals surface area contributed by atoms with Gasteiger partial charge in [0, 0.05) is 38.0 Å². The molecule has 0 amide bonds. The van der Waals surface area contributed by atoms with Crippen molar-refractivity contribution in [2.75, 3.05) is 25.1 Å². The fraction of sp³-hybridized carbons (Fsp3) is 0.368. The maximum atomic E-state index is 10.6. The summed E-state index contributed by atoms with van der Waals surface area (Å²) in [7, 11) is 2.06. The SMILES string of the molecule is CN(CCCCCCO)c1ccc(N=Nc2ccc([N+](=O)[O-])cc2)cc1. The first-order chi connectivity index (χ1) is 12.6. The van der Waals surface area contributed by atoms with Gasteiger partial charge in [-0.1, -0.05) is 12.8 Å². The number of rotatable bonds is 10. The van der Waals surface area contributed by atoms with Crippen molar-refractivity contribution in [1.82, 2.24) is 0 Å². The number of anilines is 1. The number of hydrogen-bond acceptors (Lipinski definition) is 6. The monoisotopic (exact) mass is 356 g/mol. The molecule has 0 aliphatic heterocycles. The van der Waals surface area contributed by atoms with E-state index < -0.39 is 4.92 Å². The van der Waals surface area contributed by atoms with Crippen molar-refractivity contribution in [3.63, 3.8) is 0 Å². The van der Waals surface area contributed by atoms with Crippen LogP contribution in [0.25, 0.3) is 0 Å². The third-order valence-corrected chi connectivity index (χ3v) is 4.03. The van der Waals surface area contributed by atoms with Crippen LogP contribution in [-0.4, -0.2) is 30.2 Å². The largest absolute Gasteiger partial charge is 0.396 e. The number of nitro groups is 1. The quantitative estimate of drug-likeness (QED) is 0.281. The highest BCUT2D eigenvalue weighted by atomic mass is 16.6. The van der Waals surface area contributed by atoms with Gasteiger partial charge in [-0.3, -0.25) is 10.1 Å². The third kappa shape index (κ3) is 6.25. The van der Waals surface area contributed by atoms with E-state index in [1.165, 1.54) is 12.1 Å². The second-order valence-corrected chi connectivity index (χ2v) is 6.05. The fourth-order valence-electron chi connectivity index (χ4n) is 2.47. The number of nitro benzene ring substituents is 1. The molecule has 0 heterocycles. The van der Waals surface area contributed by atoms with E-state index in [0.29, 0.717) is 5.69 Å². The minimum Gasteiger partial charge on any atom is -0.396 e. The summed E-state index contributed by atoms with van der Waals surface area (Å²) < 4.78 is 0. The fourth-order valence-corrected chi connectivity index (χ4v) is 2.47. The number of hydrogen-bond donors (Lipinski definition) is 1. The van der Waals surface area contributed by atoms with Crippen LogP contribution in [0.1, 0.15) is 25.7 Å². The van der Waals surface area contributed by atoms with Crippen LogP contribution in [0, 0.1) is 10.1 Å². The van der Waals surface area contributed by atoms with Gasteiger partial charge in [0.25, 0.3) is 5.69 Å². The van der Waals surface area contributed by atoms with E-state index in [0.717, 1.165) is 43.6 Å². The molecule has 0 radical (unpaired) electrons. The van der Waals surface area contributed by atoms with E-state index in [-0.39, 0.29) is 12.3 Å². The van der Waals surface area contributed by atoms with Crippen LogP contribution < -0.4 is 4.90 Å². The van der Waals surface area contributed by atoms with Crippen LogP contribution >= 0.6 is 0 Å². The molecule has 26 heavy (non-hydrogen) atoms. The Bertz CT molecular complexity index is 715. The predicted octanol–water partition coefficient (Wildman–Crippen LogP) is 5.00. The van der Waals surface area contributed by atoms with E-state index in [1.807, 2.05) is 24.3 Å². The molecule has 0 bridgehead atoms. The topological polar surface area (TPSA) is 91.3 Å². The average Bonchev–Trinajstić information content (AvgIpc) is 2.66. The summed E-state index contributed by atoms with van der Waals surface area (Å²) >= 11 is 0. The highest BCUT2D eigenvalue weighted by molar-refractivity contribution is 5.52. The van der Waals surface area contributed by atoms with Gasteiger partial charge in [-0.25, -0.2) is 0 Å². The zero-order valence-electron chi connectivity index (χ0n) is 14.9. The number of nitrogens with zero attached hydrogens (tertiary/aromatic N) is 4. The molecule has 138 valence electrons. The maximum absolute atomic E-state index is 10.6. The first-order valence-corrected chi connectivity index (χ1v) is 8.68. The van der Waals surface area contributed by atoms with Gasteiger partial charge in [0.1, 0.15) is 0 Å². The lowest BCUT2D eigenvalue weighted by atomic mass is 10.2. The van der Waals surface area contributed by atoms with Crippen molar-refractivity contribution in [1.29, 1.82) is 0 Å². The summed E-state index contributed by atoms with van der Waals surface area (Å²) in [6.45, 7) is 1.24. The summed E-state index contributed by atoms with van der Waals surface area (Å²) in [5.74, 6) is 0. The van der Waals surface area contributed by atoms with Crippen LogP contribution in [0.15, 0.2) is 58.8 Å². The Morgan fingerprint density at radius 3 is 2.00 bits per heavy atom. The van der Waals surface area contributed by atoms with E-state index in [2.05, 4.69) is 22.2 Å². The normalized spacial score (nSPS) is 11.0. The molecular weight excluding hydrogens is 332 g/mol. The summed E-state index contributed by atoms with van der Waals surface area (Å²) in [6.07, 6.45) is 4.15. The molecule has 0 atom stereocenters. The Balaban J connectivity index is 1.87. The van der Waals surface area contributed by atoms with Crippen LogP contribution in [0.4, 0.5) is 22.7 Å². The molecule has 0 saturated carbocycles. The van der Waals surface area contributed by atoms with Gasteiger partial charge in [-0.15, -0.1) is 0 Å². The van der Waals surface area contributed by atoms with Crippen LogP contribution in [0.3, 0.4) is 0 Å². The van der Waals surface area contributed by atoms with Crippen molar-refractivity contribution < 1.29 is 10.0 Å². The van der Waals surface area contributed by atoms with Crippen LogP contribution in [0.2, 0.25) is 0 Å². The molecule has 0 aliphatic carbocycles. The van der Waals surface area contributed by atoms with Crippen molar-refractivity contribution in [3.05, 3.63) is 58.6 Å². The number of aliphatic hydroxyl groups excluding tert-OH is 1. The molecule has 0 aromatic heterocycles.